The van der Waals surface area contributed by atoms with E-state index in [4.69, 9.17) is 26.7 Å². The van der Waals surface area contributed by atoms with Gasteiger partial charge in [-0.15, -0.1) is 0 Å². The molecule has 9 rings (SSSR count). The summed E-state index contributed by atoms with van der Waals surface area (Å²) >= 11 is 6.32. The van der Waals surface area contributed by atoms with Crippen LogP contribution in [0.4, 0.5) is 17.3 Å². The molecule has 0 bridgehead atoms. The second-order valence-corrected chi connectivity index (χ2v) is 15.1. The van der Waals surface area contributed by atoms with Crippen LogP contribution in [0.15, 0.2) is 70.0 Å². The Hall–Kier alpha value is -5.53. The van der Waals surface area contributed by atoms with Crippen molar-refractivity contribution in [2.45, 2.75) is 38.3 Å². The lowest BCUT2D eigenvalue weighted by atomic mass is 9.95. The zero-order valence-corrected chi connectivity index (χ0v) is 30.3. The molecule has 0 saturated carbocycles. The number of rotatable bonds is 6. The van der Waals surface area contributed by atoms with E-state index in [9.17, 15) is 19.2 Å². The fraction of sp³-hybridized carbons (Fsp3) is 0.350. The minimum absolute atomic E-state index is 0.135. The Kier molecular flexibility index (Phi) is 8.70. The topological polar surface area (TPSA) is 158 Å². The average Bonchev–Trinajstić information content (AvgIpc) is 3.50. The third kappa shape index (κ3) is 6.20. The van der Waals surface area contributed by atoms with Gasteiger partial charge in [-0.2, -0.15) is 0 Å². The van der Waals surface area contributed by atoms with Crippen molar-refractivity contribution in [2.24, 2.45) is 5.92 Å². The number of anilines is 3. The Labute approximate surface area is 315 Å². The van der Waals surface area contributed by atoms with Crippen molar-refractivity contribution in [1.82, 2.24) is 25.1 Å². The Morgan fingerprint density at radius 2 is 1.70 bits per heavy atom. The van der Waals surface area contributed by atoms with Crippen LogP contribution in [-0.4, -0.2) is 89.3 Å². The van der Waals surface area contributed by atoms with E-state index in [2.05, 4.69) is 31.1 Å². The highest BCUT2D eigenvalue weighted by Gasteiger charge is 2.39. The molecule has 3 saturated heterocycles. The third-order valence-electron chi connectivity index (χ3n) is 11.4. The number of fused-ring (bicyclic) bond motifs is 3. The number of nitrogens with two attached hydrogens (primary N) is 1. The molecule has 0 radical (unpaired) electrons. The quantitative estimate of drug-likeness (QED) is 0.187. The van der Waals surface area contributed by atoms with Crippen molar-refractivity contribution in [3.63, 3.8) is 0 Å². The van der Waals surface area contributed by atoms with Gasteiger partial charge in [-0.1, -0.05) is 23.7 Å². The summed E-state index contributed by atoms with van der Waals surface area (Å²) in [5, 5.41) is 2.96. The maximum Gasteiger partial charge on any atom is 0.255 e. The molecule has 13 nitrogen and oxygen atoms in total. The van der Waals surface area contributed by atoms with Gasteiger partial charge in [0.1, 0.15) is 23.3 Å². The average molecular weight is 747 g/mol. The number of benzene rings is 2. The van der Waals surface area contributed by atoms with Gasteiger partial charge in [-0.25, -0.2) is 9.97 Å². The summed E-state index contributed by atoms with van der Waals surface area (Å²) in [6.07, 6.45) is 4.56. The zero-order valence-electron chi connectivity index (χ0n) is 29.6. The number of halogens is 1. The van der Waals surface area contributed by atoms with Crippen molar-refractivity contribution in [3.8, 4) is 11.1 Å². The summed E-state index contributed by atoms with van der Waals surface area (Å²) in [4.78, 5) is 68.6. The number of nitrogens with one attached hydrogen (secondary N) is 1. The van der Waals surface area contributed by atoms with Crippen LogP contribution < -0.4 is 26.3 Å². The summed E-state index contributed by atoms with van der Waals surface area (Å²) in [6.45, 7) is 6.95. The number of hydrogen-bond donors (Lipinski definition) is 2. The molecule has 54 heavy (non-hydrogen) atoms. The van der Waals surface area contributed by atoms with E-state index < -0.39 is 6.04 Å². The van der Waals surface area contributed by atoms with E-state index >= 15 is 0 Å². The largest absolute Gasteiger partial charge is 0.453 e. The maximum absolute atomic E-state index is 13.3. The number of piperidine rings is 2. The molecule has 3 N–H and O–H groups in total. The smallest absolute Gasteiger partial charge is 0.255 e. The molecule has 5 aromatic rings. The Morgan fingerprint density at radius 3 is 2.46 bits per heavy atom. The van der Waals surface area contributed by atoms with Gasteiger partial charge in [0.15, 0.2) is 11.1 Å². The van der Waals surface area contributed by atoms with E-state index in [1.54, 1.807) is 35.4 Å². The third-order valence-corrected chi connectivity index (χ3v) is 11.7. The highest BCUT2D eigenvalue weighted by atomic mass is 35.5. The summed E-state index contributed by atoms with van der Waals surface area (Å²) in [6, 6.07) is 16.3. The van der Waals surface area contributed by atoms with Crippen LogP contribution in [0.5, 0.6) is 0 Å². The first-order valence-electron chi connectivity index (χ1n) is 18.5. The van der Waals surface area contributed by atoms with Gasteiger partial charge in [0, 0.05) is 87.4 Å². The number of amides is 3. The van der Waals surface area contributed by atoms with Crippen molar-refractivity contribution in [3.05, 3.63) is 87.2 Å². The van der Waals surface area contributed by atoms with E-state index in [-0.39, 0.29) is 46.3 Å². The number of carbonyl (C=O) groups is 3. The highest BCUT2D eigenvalue weighted by molar-refractivity contribution is 6.35. The Bertz CT molecular complexity index is 2380. The van der Waals surface area contributed by atoms with Crippen LogP contribution in [-0.2, 0) is 16.1 Å². The number of hydrogen-bond acceptors (Lipinski definition) is 11. The maximum atomic E-state index is 13.3. The fourth-order valence-electron chi connectivity index (χ4n) is 8.43. The van der Waals surface area contributed by atoms with Crippen molar-refractivity contribution in [2.75, 3.05) is 61.3 Å². The zero-order chi connectivity index (χ0) is 37.1. The summed E-state index contributed by atoms with van der Waals surface area (Å²) in [5.74, 6) is 0.898. The number of imide groups is 1. The van der Waals surface area contributed by atoms with Gasteiger partial charge >= 0.3 is 0 Å². The van der Waals surface area contributed by atoms with E-state index in [1.165, 1.54) is 0 Å². The molecule has 4 aliphatic heterocycles. The van der Waals surface area contributed by atoms with Gasteiger partial charge < -0.3 is 24.9 Å². The Balaban J connectivity index is 0.794. The van der Waals surface area contributed by atoms with Crippen LogP contribution in [0, 0.1) is 5.92 Å². The second kappa shape index (κ2) is 13.7. The molecule has 3 aromatic heterocycles. The standard InChI is InChI=1S/C40H39ClN8O5/c41-29-2-1-3-31-35(29)37(51)36-38(54-31)27(19-32(42)44-36)24-5-8-33(43-20-24)48-16-14-46(15-17-48)21-23-10-12-47(13-11-23)26-6-4-25-22-49(40(53)28(25)18-26)30-7-9-34(50)45-39(30)52/h1-6,8,18-20,23,30H,7,9-17,21-22H2,(H2,42,44)(H,45,50,52). The summed E-state index contributed by atoms with van der Waals surface area (Å²) in [5.41, 5.74) is 10.7. The fourth-order valence-corrected chi connectivity index (χ4v) is 8.68. The number of pyridine rings is 2. The minimum Gasteiger partial charge on any atom is -0.453 e. The van der Waals surface area contributed by atoms with Gasteiger partial charge in [-0.3, -0.25) is 29.4 Å². The van der Waals surface area contributed by atoms with E-state index in [1.807, 2.05) is 24.3 Å². The molecule has 7 heterocycles. The van der Waals surface area contributed by atoms with Crippen molar-refractivity contribution >= 4 is 68.7 Å². The van der Waals surface area contributed by atoms with Crippen LogP contribution in [0.25, 0.3) is 33.2 Å². The lowest BCUT2D eigenvalue weighted by Crippen LogP contribution is -2.52. The van der Waals surface area contributed by atoms with E-state index in [0.29, 0.717) is 46.2 Å². The highest BCUT2D eigenvalue weighted by Crippen LogP contribution is 2.34. The number of piperazine rings is 1. The molecule has 276 valence electrons. The summed E-state index contributed by atoms with van der Waals surface area (Å²) in [7, 11) is 0. The van der Waals surface area contributed by atoms with Crippen LogP contribution in [0.1, 0.15) is 41.6 Å². The second-order valence-electron chi connectivity index (χ2n) is 14.7. The molecule has 1 unspecified atom stereocenters. The predicted octanol–water partition coefficient (Wildman–Crippen LogP) is 4.44. The number of carbonyl (C=O) groups excluding carboxylic acids is 3. The van der Waals surface area contributed by atoms with Gasteiger partial charge in [0.2, 0.25) is 17.2 Å². The normalized spacial score (nSPS) is 19.9. The lowest BCUT2D eigenvalue weighted by molar-refractivity contribution is -0.136. The van der Waals surface area contributed by atoms with Crippen molar-refractivity contribution < 1.29 is 18.8 Å². The molecular formula is C40H39ClN8O5. The minimum atomic E-state index is -0.603. The molecule has 4 aliphatic rings. The van der Waals surface area contributed by atoms with Crippen LogP contribution in [0.3, 0.4) is 0 Å². The van der Waals surface area contributed by atoms with E-state index in [0.717, 1.165) is 81.3 Å². The SMILES string of the molecule is Nc1cc(-c2ccc(N3CCN(CC4CCN(c5ccc6c(c5)C(=O)N(C5CCC(=O)NC5=O)C6)CC4)CC3)nc2)c2oc3cccc(Cl)c3c(=O)c2n1. The summed E-state index contributed by atoms with van der Waals surface area (Å²) < 4.78 is 6.16. The molecule has 3 amide bonds. The molecule has 3 fully saturated rings. The van der Waals surface area contributed by atoms with Crippen molar-refractivity contribution in [1.29, 1.82) is 0 Å². The molecule has 1 atom stereocenters. The molecule has 0 aliphatic carbocycles. The first-order valence-corrected chi connectivity index (χ1v) is 18.9. The van der Waals surface area contributed by atoms with Gasteiger partial charge in [-0.05, 0) is 73.2 Å². The number of aromatic nitrogens is 2. The lowest BCUT2D eigenvalue weighted by Gasteiger charge is -2.39. The van der Waals surface area contributed by atoms with Gasteiger partial charge in [0.25, 0.3) is 5.91 Å². The molecule has 0 spiro atoms. The Morgan fingerprint density at radius 1 is 0.889 bits per heavy atom. The first kappa shape index (κ1) is 34.3. The molecular weight excluding hydrogens is 708 g/mol. The van der Waals surface area contributed by atoms with Crippen LogP contribution in [0.2, 0.25) is 5.02 Å². The predicted molar refractivity (Wildman–Crippen MR) is 207 cm³/mol. The van der Waals surface area contributed by atoms with Gasteiger partial charge in [0.05, 0.1) is 10.4 Å². The monoisotopic (exact) mass is 746 g/mol. The molecule has 14 heteroatoms. The number of nitrogens with zero attached hydrogens (tertiary/aromatic N) is 6. The van der Waals surface area contributed by atoms with Crippen LogP contribution >= 0.6 is 11.6 Å². The first-order chi connectivity index (χ1) is 26.2. The molecule has 2 aromatic carbocycles. The number of nitrogen functional groups attached to an aromatic ring is 1.